The summed E-state index contributed by atoms with van der Waals surface area (Å²) < 4.78 is 11.6. The van der Waals surface area contributed by atoms with Crippen LogP contribution in [0.15, 0.2) is 77.2 Å². The van der Waals surface area contributed by atoms with Gasteiger partial charge in [0.1, 0.15) is 17.9 Å². The maximum atomic E-state index is 5.98. The highest BCUT2D eigenvalue weighted by Gasteiger charge is 2.03. The zero-order valence-electron chi connectivity index (χ0n) is 13.9. The van der Waals surface area contributed by atoms with Crippen molar-refractivity contribution in [3.8, 4) is 5.75 Å². The van der Waals surface area contributed by atoms with Crippen molar-refractivity contribution >= 4 is 34.9 Å². The molecule has 26 heavy (non-hydrogen) atoms. The minimum Gasteiger partial charge on any atom is -0.489 e. The van der Waals surface area contributed by atoms with Crippen LogP contribution in [0.2, 0.25) is 5.02 Å². The molecule has 4 aromatic rings. The second kappa shape index (κ2) is 7.46. The Hall–Kier alpha value is -3.04. The molecule has 0 aliphatic carbocycles. The highest BCUT2D eigenvalue weighted by Crippen LogP contribution is 2.22. The number of halogens is 1. The lowest BCUT2D eigenvalue weighted by Gasteiger charge is -2.06. The first-order valence-electron chi connectivity index (χ1n) is 8.27. The molecule has 3 aromatic carbocycles. The monoisotopic (exact) mass is 361 g/mol. The molecule has 0 bridgehead atoms. The van der Waals surface area contributed by atoms with E-state index in [2.05, 4.69) is 4.98 Å². The van der Waals surface area contributed by atoms with Gasteiger partial charge in [-0.25, -0.2) is 4.98 Å². The lowest BCUT2D eigenvalue weighted by molar-refractivity contribution is 0.306. The summed E-state index contributed by atoms with van der Waals surface area (Å²) in [6.45, 7) is 0.542. The maximum absolute atomic E-state index is 5.98. The number of hydrogen-bond donors (Lipinski definition) is 0. The van der Waals surface area contributed by atoms with Crippen LogP contribution in [0.3, 0.4) is 0 Å². The van der Waals surface area contributed by atoms with Crippen molar-refractivity contribution in [3.05, 3.63) is 94.8 Å². The first kappa shape index (κ1) is 16.4. The molecule has 0 atom stereocenters. The molecule has 0 radical (unpaired) electrons. The topological polar surface area (TPSA) is 35.3 Å². The number of aromatic nitrogens is 1. The Balaban J connectivity index is 1.47. The third-order valence-corrected chi connectivity index (χ3v) is 4.13. The quantitative estimate of drug-likeness (QED) is 0.422. The van der Waals surface area contributed by atoms with E-state index in [1.165, 1.54) is 0 Å². The van der Waals surface area contributed by atoms with Crippen molar-refractivity contribution in [3.63, 3.8) is 0 Å². The first-order valence-corrected chi connectivity index (χ1v) is 8.65. The molecule has 0 unspecified atom stereocenters. The Kier molecular flexibility index (Phi) is 4.71. The summed E-state index contributed by atoms with van der Waals surface area (Å²) in [5.74, 6) is 1.36. The number of oxazole rings is 1. The van der Waals surface area contributed by atoms with Crippen molar-refractivity contribution in [1.82, 2.24) is 4.98 Å². The maximum Gasteiger partial charge on any atom is 0.220 e. The fraction of sp³-hybridized carbons (Fsp3) is 0.0455. The fourth-order valence-electron chi connectivity index (χ4n) is 2.61. The smallest absolute Gasteiger partial charge is 0.220 e. The van der Waals surface area contributed by atoms with Crippen LogP contribution in [-0.2, 0) is 6.61 Å². The molecule has 3 nitrogen and oxygen atoms in total. The van der Waals surface area contributed by atoms with Crippen LogP contribution in [0.4, 0.5) is 0 Å². The van der Waals surface area contributed by atoms with Crippen molar-refractivity contribution in [2.75, 3.05) is 0 Å². The van der Waals surface area contributed by atoms with Gasteiger partial charge in [-0.1, -0.05) is 54.1 Å². The van der Waals surface area contributed by atoms with Gasteiger partial charge in [0.05, 0.1) is 0 Å². The summed E-state index contributed by atoms with van der Waals surface area (Å²) in [5.41, 5.74) is 3.61. The van der Waals surface area contributed by atoms with Crippen molar-refractivity contribution in [2.45, 2.75) is 6.61 Å². The van der Waals surface area contributed by atoms with Gasteiger partial charge >= 0.3 is 0 Å². The van der Waals surface area contributed by atoms with Gasteiger partial charge in [0.25, 0.3) is 0 Å². The van der Waals surface area contributed by atoms with E-state index in [-0.39, 0.29) is 0 Å². The van der Waals surface area contributed by atoms with Gasteiger partial charge in [-0.2, -0.15) is 0 Å². The van der Waals surface area contributed by atoms with Gasteiger partial charge in [0.2, 0.25) is 5.89 Å². The van der Waals surface area contributed by atoms with Crippen LogP contribution in [0.25, 0.3) is 23.3 Å². The molecule has 4 heteroatoms. The summed E-state index contributed by atoms with van der Waals surface area (Å²) in [6, 6.07) is 23.4. The van der Waals surface area contributed by atoms with Gasteiger partial charge in [-0.3, -0.25) is 0 Å². The van der Waals surface area contributed by atoms with E-state index in [1.807, 2.05) is 72.8 Å². The van der Waals surface area contributed by atoms with Crippen LogP contribution in [-0.4, -0.2) is 4.98 Å². The van der Waals surface area contributed by atoms with Gasteiger partial charge < -0.3 is 9.15 Å². The largest absolute Gasteiger partial charge is 0.489 e. The average Bonchev–Trinajstić information content (AvgIpc) is 3.08. The Morgan fingerprint density at radius 3 is 2.69 bits per heavy atom. The Morgan fingerprint density at radius 2 is 1.81 bits per heavy atom. The van der Waals surface area contributed by atoms with Crippen molar-refractivity contribution in [2.24, 2.45) is 0 Å². The molecule has 128 valence electrons. The van der Waals surface area contributed by atoms with Crippen LogP contribution in [0.1, 0.15) is 17.0 Å². The highest BCUT2D eigenvalue weighted by atomic mass is 35.5. The summed E-state index contributed by atoms with van der Waals surface area (Å²) in [5, 5.41) is 0.643. The van der Waals surface area contributed by atoms with Gasteiger partial charge in [0.15, 0.2) is 5.58 Å². The predicted molar refractivity (Wildman–Crippen MR) is 105 cm³/mol. The normalized spacial score (nSPS) is 11.3. The Bertz CT molecular complexity index is 1050. The molecule has 0 spiro atoms. The lowest BCUT2D eigenvalue weighted by Crippen LogP contribution is -1.94. The van der Waals surface area contributed by atoms with E-state index in [9.17, 15) is 0 Å². The summed E-state index contributed by atoms with van der Waals surface area (Å²) >= 11 is 5.98. The third kappa shape index (κ3) is 3.95. The van der Waals surface area contributed by atoms with Gasteiger partial charge in [0, 0.05) is 11.1 Å². The molecule has 0 saturated carbocycles. The second-order valence-corrected chi connectivity index (χ2v) is 6.28. The third-order valence-electron chi connectivity index (χ3n) is 3.89. The lowest BCUT2D eigenvalue weighted by atomic mass is 10.2. The highest BCUT2D eigenvalue weighted by molar-refractivity contribution is 6.31. The SMILES string of the molecule is Clc1ccc2oc(/C=C/c3cccc(OCc4ccccc4)c3)nc2c1. The molecule has 4 rings (SSSR count). The number of hydrogen-bond acceptors (Lipinski definition) is 3. The molecule has 0 aliphatic heterocycles. The van der Waals surface area contributed by atoms with Gasteiger partial charge in [-0.05, 0) is 47.5 Å². The van der Waals surface area contributed by atoms with Crippen molar-refractivity contribution < 1.29 is 9.15 Å². The Morgan fingerprint density at radius 1 is 0.923 bits per heavy atom. The average molecular weight is 362 g/mol. The van der Waals surface area contributed by atoms with E-state index < -0.39 is 0 Å². The molecular weight excluding hydrogens is 346 g/mol. The summed E-state index contributed by atoms with van der Waals surface area (Å²) in [7, 11) is 0. The van der Waals surface area contributed by atoms with E-state index in [0.29, 0.717) is 23.1 Å². The minimum absolute atomic E-state index is 0.540. The van der Waals surface area contributed by atoms with Crippen LogP contribution < -0.4 is 4.74 Å². The number of nitrogens with zero attached hydrogens (tertiary/aromatic N) is 1. The fourth-order valence-corrected chi connectivity index (χ4v) is 2.77. The van der Waals surface area contributed by atoms with E-state index in [0.717, 1.165) is 22.4 Å². The Labute approximate surface area is 156 Å². The number of rotatable bonds is 5. The molecule has 0 fully saturated rings. The van der Waals surface area contributed by atoms with E-state index in [4.69, 9.17) is 20.8 Å². The van der Waals surface area contributed by atoms with E-state index in [1.54, 1.807) is 12.1 Å². The zero-order valence-corrected chi connectivity index (χ0v) is 14.7. The molecular formula is C22H16ClNO2. The predicted octanol–water partition coefficient (Wildman–Crippen LogP) is 6.23. The van der Waals surface area contributed by atoms with Crippen LogP contribution in [0, 0.1) is 0 Å². The van der Waals surface area contributed by atoms with Gasteiger partial charge in [-0.15, -0.1) is 0 Å². The molecule has 0 amide bonds. The number of fused-ring (bicyclic) bond motifs is 1. The molecule has 0 saturated heterocycles. The number of benzene rings is 3. The summed E-state index contributed by atoms with van der Waals surface area (Å²) in [6.07, 6.45) is 3.78. The summed E-state index contributed by atoms with van der Waals surface area (Å²) in [4.78, 5) is 4.42. The number of ether oxygens (including phenoxy) is 1. The molecule has 0 N–H and O–H groups in total. The molecule has 1 heterocycles. The molecule has 0 aliphatic rings. The van der Waals surface area contributed by atoms with Crippen LogP contribution in [0.5, 0.6) is 5.75 Å². The second-order valence-electron chi connectivity index (χ2n) is 5.84. The minimum atomic E-state index is 0.540. The van der Waals surface area contributed by atoms with Crippen LogP contribution >= 0.6 is 11.6 Å². The van der Waals surface area contributed by atoms with Crippen molar-refractivity contribution in [1.29, 1.82) is 0 Å². The first-order chi connectivity index (χ1) is 12.8. The zero-order chi connectivity index (χ0) is 17.8. The molecule has 1 aromatic heterocycles. The van der Waals surface area contributed by atoms with E-state index >= 15 is 0 Å². The standard InChI is InChI=1S/C22H16ClNO2/c23-18-10-11-21-20(14-18)24-22(26-21)12-9-16-7-4-8-19(13-16)25-15-17-5-2-1-3-6-17/h1-14H,15H2/b12-9+.